The molecule has 2 aromatic heterocycles. The van der Waals surface area contributed by atoms with Crippen molar-refractivity contribution in [2.24, 2.45) is 0 Å². The second-order valence-electron chi connectivity index (χ2n) is 3.82. The largest absolute Gasteiger partial charge is 0.360 e. The smallest absolute Gasteiger partial charge is 0.150 e. The van der Waals surface area contributed by atoms with Gasteiger partial charge < -0.3 is 4.52 Å². The molecule has 2 aromatic rings. The van der Waals surface area contributed by atoms with E-state index >= 15 is 0 Å². The summed E-state index contributed by atoms with van der Waals surface area (Å²) in [5.74, 6) is 0.941. The van der Waals surface area contributed by atoms with Gasteiger partial charge in [-0.15, -0.1) is 11.3 Å². The molecule has 0 saturated carbocycles. The highest BCUT2D eigenvalue weighted by Crippen LogP contribution is 2.14. The first-order chi connectivity index (χ1) is 7.78. The van der Waals surface area contributed by atoms with Crippen LogP contribution in [-0.2, 0) is 13.1 Å². The van der Waals surface area contributed by atoms with Gasteiger partial charge in [-0.2, -0.15) is 0 Å². The summed E-state index contributed by atoms with van der Waals surface area (Å²) < 4.78 is 5.23. The molecule has 0 aliphatic rings. The number of aryl methyl sites for hydroxylation is 1. The van der Waals surface area contributed by atoms with Crippen molar-refractivity contribution >= 4 is 11.3 Å². The average Bonchev–Trinajstić information content (AvgIpc) is 2.89. The van der Waals surface area contributed by atoms with Gasteiger partial charge in [0, 0.05) is 17.5 Å². The van der Waals surface area contributed by atoms with Crippen LogP contribution < -0.4 is 0 Å². The lowest BCUT2D eigenvalue weighted by molar-refractivity contribution is 0.235. The predicted octanol–water partition coefficient (Wildman–Crippen LogP) is 3.07. The van der Waals surface area contributed by atoms with Crippen LogP contribution >= 0.6 is 11.3 Å². The molecular formula is C12H16N2OS. The Balaban J connectivity index is 1.95. The van der Waals surface area contributed by atoms with E-state index in [0.29, 0.717) is 0 Å². The summed E-state index contributed by atoms with van der Waals surface area (Å²) in [5.41, 5.74) is 0.946. The molecule has 0 bridgehead atoms. The highest BCUT2D eigenvalue weighted by Gasteiger charge is 2.08. The molecule has 86 valence electrons. The number of hydrogen-bond donors (Lipinski definition) is 0. The SMILES string of the molecule is CCN(Cc1cc(C)no1)Cc1cccs1. The molecule has 0 N–H and O–H groups in total. The van der Waals surface area contributed by atoms with Gasteiger partial charge in [-0.3, -0.25) is 4.90 Å². The van der Waals surface area contributed by atoms with E-state index in [9.17, 15) is 0 Å². The molecule has 4 heteroatoms. The van der Waals surface area contributed by atoms with Crippen LogP contribution in [0.2, 0.25) is 0 Å². The van der Waals surface area contributed by atoms with Crippen molar-refractivity contribution in [3.8, 4) is 0 Å². The molecule has 0 fully saturated rings. The maximum absolute atomic E-state index is 5.23. The Kier molecular flexibility index (Phi) is 3.74. The number of aromatic nitrogens is 1. The van der Waals surface area contributed by atoms with E-state index in [1.165, 1.54) is 4.88 Å². The maximum Gasteiger partial charge on any atom is 0.150 e. The number of nitrogens with zero attached hydrogens (tertiary/aromatic N) is 2. The van der Waals surface area contributed by atoms with Gasteiger partial charge in [-0.05, 0) is 24.9 Å². The lowest BCUT2D eigenvalue weighted by Gasteiger charge is -2.17. The zero-order valence-corrected chi connectivity index (χ0v) is 10.5. The van der Waals surface area contributed by atoms with E-state index in [2.05, 4.69) is 34.5 Å². The minimum absolute atomic E-state index is 0.829. The third kappa shape index (κ3) is 2.93. The molecule has 0 radical (unpaired) electrons. The van der Waals surface area contributed by atoms with Gasteiger partial charge in [0.05, 0.1) is 12.2 Å². The van der Waals surface area contributed by atoms with Crippen molar-refractivity contribution in [1.29, 1.82) is 0 Å². The third-order valence-electron chi connectivity index (χ3n) is 2.46. The van der Waals surface area contributed by atoms with Gasteiger partial charge in [-0.1, -0.05) is 18.1 Å². The Morgan fingerprint density at radius 2 is 2.31 bits per heavy atom. The standard InChI is InChI=1S/C12H16N2OS/c1-3-14(9-12-5-4-6-16-12)8-11-7-10(2)13-15-11/h4-7H,3,8-9H2,1-2H3. The maximum atomic E-state index is 5.23. The van der Waals surface area contributed by atoms with E-state index in [1.54, 1.807) is 11.3 Å². The number of hydrogen-bond acceptors (Lipinski definition) is 4. The lowest BCUT2D eigenvalue weighted by atomic mass is 10.3. The minimum atomic E-state index is 0.829. The molecule has 0 aliphatic carbocycles. The van der Waals surface area contributed by atoms with E-state index < -0.39 is 0 Å². The quantitative estimate of drug-likeness (QED) is 0.799. The van der Waals surface area contributed by atoms with Gasteiger partial charge in [0.2, 0.25) is 0 Å². The number of thiophene rings is 1. The van der Waals surface area contributed by atoms with Gasteiger partial charge in [-0.25, -0.2) is 0 Å². The fraction of sp³-hybridized carbons (Fsp3) is 0.417. The minimum Gasteiger partial charge on any atom is -0.360 e. The zero-order valence-electron chi connectivity index (χ0n) is 9.64. The van der Waals surface area contributed by atoms with Crippen molar-refractivity contribution < 1.29 is 4.52 Å². The van der Waals surface area contributed by atoms with Gasteiger partial charge in [0.25, 0.3) is 0 Å². The second kappa shape index (κ2) is 5.27. The van der Waals surface area contributed by atoms with Crippen LogP contribution in [0.1, 0.15) is 23.3 Å². The van der Waals surface area contributed by atoms with E-state index in [1.807, 2.05) is 13.0 Å². The highest BCUT2D eigenvalue weighted by atomic mass is 32.1. The van der Waals surface area contributed by atoms with Gasteiger partial charge in [0.15, 0.2) is 5.76 Å². The van der Waals surface area contributed by atoms with Gasteiger partial charge >= 0.3 is 0 Å². The third-order valence-corrected chi connectivity index (χ3v) is 3.32. The topological polar surface area (TPSA) is 29.3 Å². The predicted molar refractivity (Wildman–Crippen MR) is 65.3 cm³/mol. The molecule has 2 heterocycles. The number of rotatable bonds is 5. The monoisotopic (exact) mass is 236 g/mol. The molecule has 0 saturated heterocycles. The summed E-state index contributed by atoms with van der Waals surface area (Å²) in [7, 11) is 0. The molecule has 2 rings (SSSR count). The summed E-state index contributed by atoms with van der Waals surface area (Å²) in [5, 5.41) is 6.01. The van der Waals surface area contributed by atoms with Crippen LogP contribution in [0.4, 0.5) is 0 Å². The van der Waals surface area contributed by atoms with Crippen molar-refractivity contribution in [3.63, 3.8) is 0 Å². The van der Waals surface area contributed by atoms with E-state index in [-0.39, 0.29) is 0 Å². The first-order valence-electron chi connectivity index (χ1n) is 5.45. The normalized spacial score (nSPS) is 11.2. The highest BCUT2D eigenvalue weighted by molar-refractivity contribution is 7.09. The molecule has 0 unspecified atom stereocenters. The second-order valence-corrected chi connectivity index (χ2v) is 4.85. The molecule has 16 heavy (non-hydrogen) atoms. The molecule has 0 aliphatic heterocycles. The van der Waals surface area contributed by atoms with Crippen molar-refractivity contribution in [3.05, 3.63) is 39.9 Å². The molecule has 0 atom stereocenters. The summed E-state index contributed by atoms with van der Waals surface area (Å²) in [6.45, 7) is 6.93. The molecule has 0 aromatic carbocycles. The van der Waals surface area contributed by atoms with E-state index in [4.69, 9.17) is 4.52 Å². The zero-order chi connectivity index (χ0) is 11.4. The Hall–Kier alpha value is -1.13. The average molecular weight is 236 g/mol. The lowest BCUT2D eigenvalue weighted by Crippen LogP contribution is -2.21. The van der Waals surface area contributed by atoms with Crippen LogP contribution in [-0.4, -0.2) is 16.6 Å². The van der Waals surface area contributed by atoms with Crippen LogP contribution in [0.3, 0.4) is 0 Å². The summed E-state index contributed by atoms with van der Waals surface area (Å²) >= 11 is 1.79. The molecule has 0 amide bonds. The Bertz CT molecular complexity index is 422. The van der Waals surface area contributed by atoms with Crippen LogP contribution in [0.15, 0.2) is 28.1 Å². The summed E-state index contributed by atoms with van der Waals surface area (Å²) in [6.07, 6.45) is 0. The molecule has 0 spiro atoms. The Morgan fingerprint density at radius 1 is 1.44 bits per heavy atom. The Morgan fingerprint density at radius 3 is 2.88 bits per heavy atom. The molecule has 3 nitrogen and oxygen atoms in total. The first-order valence-corrected chi connectivity index (χ1v) is 6.33. The fourth-order valence-electron chi connectivity index (χ4n) is 1.61. The Labute approximate surface area is 99.7 Å². The summed E-state index contributed by atoms with van der Waals surface area (Å²) in [4.78, 5) is 3.73. The van der Waals surface area contributed by atoms with Crippen molar-refractivity contribution in [1.82, 2.24) is 10.1 Å². The first kappa shape index (κ1) is 11.4. The van der Waals surface area contributed by atoms with Gasteiger partial charge in [0.1, 0.15) is 0 Å². The fourth-order valence-corrected chi connectivity index (χ4v) is 2.36. The van der Waals surface area contributed by atoms with Crippen LogP contribution in [0, 0.1) is 6.92 Å². The van der Waals surface area contributed by atoms with Crippen LogP contribution in [0.5, 0.6) is 0 Å². The summed E-state index contributed by atoms with van der Waals surface area (Å²) in [6, 6.07) is 6.25. The molecular weight excluding hydrogens is 220 g/mol. The van der Waals surface area contributed by atoms with Crippen molar-refractivity contribution in [2.75, 3.05) is 6.54 Å². The van der Waals surface area contributed by atoms with Crippen molar-refractivity contribution in [2.45, 2.75) is 26.9 Å². The van der Waals surface area contributed by atoms with E-state index in [0.717, 1.165) is 31.1 Å². The van der Waals surface area contributed by atoms with Crippen LogP contribution in [0.25, 0.3) is 0 Å².